The van der Waals surface area contributed by atoms with E-state index in [0.29, 0.717) is 0 Å². The Hall–Kier alpha value is -2.24. The third kappa shape index (κ3) is 5.15. The zero-order chi connectivity index (χ0) is 17.4. The summed E-state index contributed by atoms with van der Waals surface area (Å²) in [6, 6.07) is 17.7. The normalized spacial score (nSPS) is 11.0. The second-order valence-electron chi connectivity index (χ2n) is 4.76. The number of esters is 1. The SMILES string of the molecule is C=C(CSc1ccccc1NN=C(Cl)C(=O)OC)c1ccccc1. The van der Waals surface area contributed by atoms with Crippen LogP contribution in [0, 0.1) is 0 Å². The van der Waals surface area contributed by atoms with Crippen LogP contribution >= 0.6 is 23.4 Å². The third-order valence-electron chi connectivity index (χ3n) is 3.10. The van der Waals surface area contributed by atoms with Gasteiger partial charge in [0.1, 0.15) is 0 Å². The number of thioether (sulfide) groups is 1. The van der Waals surface area contributed by atoms with E-state index in [0.717, 1.165) is 27.5 Å². The molecule has 0 saturated carbocycles. The number of ether oxygens (including phenoxy) is 1. The summed E-state index contributed by atoms with van der Waals surface area (Å²) in [5, 5.41) is 3.57. The molecule has 0 saturated heterocycles. The molecule has 2 rings (SSSR count). The summed E-state index contributed by atoms with van der Waals surface area (Å²) in [4.78, 5) is 12.2. The van der Waals surface area contributed by atoms with Gasteiger partial charge in [0.15, 0.2) is 0 Å². The first-order valence-electron chi connectivity index (χ1n) is 7.14. The van der Waals surface area contributed by atoms with Gasteiger partial charge < -0.3 is 4.74 Å². The molecule has 24 heavy (non-hydrogen) atoms. The van der Waals surface area contributed by atoms with Crippen molar-refractivity contribution in [1.29, 1.82) is 0 Å². The van der Waals surface area contributed by atoms with E-state index in [1.165, 1.54) is 7.11 Å². The maximum absolute atomic E-state index is 11.2. The Bertz CT molecular complexity index is 748. The number of halogens is 1. The summed E-state index contributed by atoms with van der Waals surface area (Å²) in [5.74, 6) is 0.0451. The summed E-state index contributed by atoms with van der Waals surface area (Å²) < 4.78 is 4.50. The monoisotopic (exact) mass is 360 g/mol. The van der Waals surface area contributed by atoms with E-state index in [-0.39, 0.29) is 5.17 Å². The number of methoxy groups -OCH3 is 1. The Morgan fingerprint density at radius 2 is 1.88 bits per heavy atom. The molecule has 0 bridgehead atoms. The predicted octanol–water partition coefficient (Wildman–Crippen LogP) is 4.63. The summed E-state index contributed by atoms with van der Waals surface area (Å²) in [5.41, 5.74) is 5.70. The second kappa shape index (κ2) is 9.15. The Balaban J connectivity index is 2.04. The van der Waals surface area contributed by atoms with Crippen LogP contribution < -0.4 is 5.43 Å². The van der Waals surface area contributed by atoms with E-state index < -0.39 is 5.97 Å². The molecule has 0 fully saturated rings. The molecule has 0 aromatic heterocycles. The van der Waals surface area contributed by atoms with Gasteiger partial charge in [-0.05, 0) is 23.3 Å². The molecule has 124 valence electrons. The van der Waals surface area contributed by atoms with Gasteiger partial charge in [-0.1, -0.05) is 60.6 Å². The Morgan fingerprint density at radius 1 is 1.21 bits per heavy atom. The van der Waals surface area contributed by atoms with Gasteiger partial charge in [0.05, 0.1) is 12.8 Å². The quantitative estimate of drug-likeness (QED) is 0.338. The van der Waals surface area contributed by atoms with Gasteiger partial charge in [0.25, 0.3) is 0 Å². The molecule has 0 spiro atoms. The molecule has 0 radical (unpaired) electrons. The van der Waals surface area contributed by atoms with Crippen molar-refractivity contribution in [3.05, 3.63) is 66.7 Å². The van der Waals surface area contributed by atoms with Crippen molar-refractivity contribution in [3.63, 3.8) is 0 Å². The van der Waals surface area contributed by atoms with E-state index in [1.54, 1.807) is 11.8 Å². The fourth-order valence-corrected chi connectivity index (χ4v) is 2.91. The molecule has 4 nitrogen and oxygen atoms in total. The molecule has 0 atom stereocenters. The van der Waals surface area contributed by atoms with Crippen LogP contribution in [0.15, 0.2) is 71.2 Å². The van der Waals surface area contributed by atoms with E-state index >= 15 is 0 Å². The number of hydrogen-bond acceptors (Lipinski definition) is 5. The summed E-state index contributed by atoms with van der Waals surface area (Å²) in [6.07, 6.45) is 0. The topological polar surface area (TPSA) is 50.7 Å². The van der Waals surface area contributed by atoms with Crippen LogP contribution in [0.4, 0.5) is 5.69 Å². The van der Waals surface area contributed by atoms with E-state index in [1.807, 2.05) is 54.6 Å². The number of hydrazone groups is 1. The van der Waals surface area contributed by atoms with E-state index in [9.17, 15) is 4.79 Å². The standard InChI is InChI=1S/C18H17ClN2O2S/c1-13(14-8-4-3-5-9-14)12-24-16-11-7-6-10-15(16)20-21-17(19)18(22)23-2/h3-11,20H,1,12H2,2H3. The van der Waals surface area contributed by atoms with Gasteiger partial charge in [-0.15, -0.1) is 11.8 Å². The van der Waals surface area contributed by atoms with Crippen LogP contribution in [0.3, 0.4) is 0 Å². The van der Waals surface area contributed by atoms with Gasteiger partial charge in [0.2, 0.25) is 5.17 Å². The largest absolute Gasteiger partial charge is 0.464 e. The lowest BCUT2D eigenvalue weighted by Crippen LogP contribution is -2.11. The van der Waals surface area contributed by atoms with Crippen LogP contribution in [-0.4, -0.2) is 24.0 Å². The molecular formula is C18H17ClN2O2S. The van der Waals surface area contributed by atoms with Gasteiger partial charge in [-0.3, -0.25) is 5.43 Å². The molecule has 0 aliphatic rings. The van der Waals surface area contributed by atoms with Crippen molar-refractivity contribution in [1.82, 2.24) is 0 Å². The number of carbonyl (C=O) groups is 1. The van der Waals surface area contributed by atoms with Crippen LogP contribution in [0.1, 0.15) is 5.56 Å². The number of nitrogens with zero attached hydrogens (tertiary/aromatic N) is 1. The number of para-hydroxylation sites is 1. The fraction of sp³-hybridized carbons (Fsp3) is 0.111. The van der Waals surface area contributed by atoms with Crippen molar-refractivity contribution in [2.24, 2.45) is 5.10 Å². The summed E-state index contributed by atoms with van der Waals surface area (Å²) in [7, 11) is 1.25. The lowest BCUT2D eigenvalue weighted by molar-refractivity contribution is -0.132. The number of rotatable bonds is 7. The van der Waals surface area contributed by atoms with Gasteiger partial charge >= 0.3 is 5.97 Å². The Kier molecular flexibility index (Phi) is 6.90. The molecule has 0 amide bonds. The van der Waals surface area contributed by atoms with Crippen LogP contribution in [0.2, 0.25) is 0 Å². The van der Waals surface area contributed by atoms with Crippen molar-refractivity contribution in [2.75, 3.05) is 18.3 Å². The molecule has 0 aliphatic carbocycles. The van der Waals surface area contributed by atoms with Gasteiger partial charge in [-0.25, -0.2) is 4.79 Å². The zero-order valence-corrected chi connectivity index (χ0v) is 14.7. The zero-order valence-electron chi connectivity index (χ0n) is 13.2. The molecule has 0 heterocycles. The van der Waals surface area contributed by atoms with Crippen LogP contribution in [-0.2, 0) is 9.53 Å². The van der Waals surface area contributed by atoms with Crippen LogP contribution in [0.5, 0.6) is 0 Å². The highest BCUT2D eigenvalue weighted by Crippen LogP contribution is 2.30. The average molecular weight is 361 g/mol. The minimum Gasteiger partial charge on any atom is -0.464 e. The van der Waals surface area contributed by atoms with Crippen molar-refractivity contribution >= 4 is 45.8 Å². The van der Waals surface area contributed by atoms with Gasteiger partial charge in [-0.2, -0.15) is 5.10 Å². The highest BCUT2D eigenvalue weighted by Gasteiger charge is 2.09. The minimum atomic E-state index is -0.688. The highest BCUT2D eigenvalue weighted by atomic mass is 35.5. The number of carbonyl (C=O) groups excluding carboxylic acids is 1. The molecule has 6 heteroatoms. The lowest BCUT2D eigenvalue weighted by Gasteiger charge is -2.10. The molecule has 0 aliphatic heterocycles. The van der Waals surface area contributed by atoms with Crippen molar-refractivity contribution in [3.8, 4) is 0 Å². The number of nitrogens with one attached hydrogen (secondary N) is 1. The molecule has 0 unspecified atom stereocenters. The van der Waals surface area contributed by atoms with Crippen molar-refractivity contribution < 1.29 is 9.53 Å². The van der Waals surface area contributed by atoms with E-state index in [2.05, 4.69) is 21.8 Å². The maximum Gasteiger partial charge on any atom is 0.370 e. The Morgan fingerprint density at radius 3 is 2.58 bits per heavy atom. The predicted molar refractivity (Wildman–Crippen MR) is 102 cm³/mol. The molecule has 1 N–H and O–H groups in total. The maximum atomic E-state index is 11.2. The van der Waals surface area contributed by atoms with Gasteiger partial charge in [0, 0.05) is 10.6 Å². The Labute approximate surface area is 150 Å². The highest BCUT2D eigenvalue weighted by molar-refractivity contribution is 7.99. The van der Waals surface area contributed by atoms with E-state index in [4.69, 9.17) is 11.6 Å². The second-order valence-corrected chi connectivity index (χ2v) is 6.14. The molecule has 2 aromatic carbocycles. The smallest absolute Gasteiger partial charge is 0.370 e. The number of anilines is 1. The molecule has 2 aromatic rings. The van der Waals surface area contributed by atoms with Crippen LogP contribution in [0.25, 0.3) is 5.57 Å². The minimum absolute atomic E-state index is 0.258. The fourth-order valence-electron chi connectivity index (χ4n) is 1.85. The first-order valence-corrected chi connectivity index (χ1v) is 8.50. The first-order chi connectivity index (χ1) is 11.6. The third-order valence-corrected chi connectivity index (χ3v) is 4.50. The number of benzene rings is 2. The van der Waals surface area contributed by atoms with Crippen molar-refractivity contribution in [2.45, 2.75) is 4.90 Å². The first kappa shape index (κ1) is 18.1. The average Bonchev–Trinajstić information content (AvgIpc) is 2.64. The number of hydrogen-bond donors (Lipinski definition) is 1. The summed E-state index contributed by atoms with van der Waals surface area (Å²) >= 11 is 7.36. The molecular weight excluding hydrogens is 344 g/mol. The lowest BCUT2D eigenvalue weighted by atomic mass is 10.1. The summed E-state index contributed by atoms with van der Waals surface area (Å²) in [6.45, 7) is 4.13.